The molecule has 104 valence electrons. The van der Waals surface area contributed by atoms with Crippen molar-refractivity contribution in [2.24, 2.45) is 0 Å². The van der Waals surface area contributed by atoms with Gasteiger partial charge in [0, 0.05) is 5.69 Å². The lowest BCUT2D eigenvalue weighted by molar-refractivity contribution is -0.116. The molecule has 2 rings (SSSR count). The molecule has 0 bridgehead atoms. The summed E-state index contributed by atoms with van der Waals surface area (Å²) in [6, 6.07) is 4.93. The maximum Gasteiger partial charge on any atom is 0.242 e. The zero-order chi connectivity index (χ0) is 14.0. The number of carbonyl (C=O) groups is 1. The predicted molar refractivity (Wildman–Crippen MR) is 71.7 cm³/mol. The van der Waals surface area contributed by atoms with Crippen molar-refractivity contribution in [3.63, 3.8) is 0 Å². The monoisotopic (exact) mass is 305 g/mol. The molecule has 1 atom stereocenters. The number of halogens is 2. The van der Waals surface area contributed by atoms with E-state index in [2.05, 4.69) is 0 Å². The fraction of sp³-hybridized carbons (Fsp3) is 0.417. The van der Waals surface area contributed by atoms with Crippen LogP contribution in [0.4, 0.5) is 10.1 Å². The van der Waals surface area contributed by atoms with Crippen LogP contribution in [0.15, 0.2) is 24.3 Å². The molecule has 1 fully saturated rings. The molecule has 4 nitrogen and oxygen atoms in total. The molecule has 0 spiro atoms. The fourth-order valence-corrected chi connectivity index (χ4v) is 4.03. The molecule has 1 aliphatic heterocycles. The summed E-state index contributed by atoms with van der Waals surface area (Å²) < 4.78 is 35.9. The average Bonchev–Trinajstić information content (AvgIpc) is 2.72. The number of anilines is 1. The first-order valence-electron chi connectivity index (χ1n) is 5.77. The maximum absolute atomic E-state index is 12.9. The number of amides is 1. The van der Waals surface area contributed by atoms with Crippen molar-refractivity contribution in [2.45, 2.75) is 12.5 Å². The van der Waals surface area contributed by atoms with Gasteiger partial charge in [-0.15, -0.1) is 11.6 Å². The summed E-state index contributed by atoms with van der Waals surface area (Å²) in [5.74, 6) is -1.05. The minimum absolute atomic E-state index is 0.0604. The van der Waals surface area contributed by atoms with Crippen LogP contribution in [0.2, 0.25) is 0 Å². The van der Waals surface area contributed by atoms with Crippen LogP contribution in [-0.4, -0.2) is 37.8 Å². The zero-order valence-corrected chi connectivity index (χ0v) is 11.6. The Balaban J connectivity index is 2.32. The molecular weight excluding hydrogens is 293 g/mol. The van der Waals surface area contributed by atoms with E-state index in [4.69, 9.17) is 11.6 Å². The summed E-state index contributed by atoms with van der Waals surface area (Å²) >= 11 is 5.56. The Morgan fingerprint density at radius 3 is 2.47 bits per heavy atom. The first-order chi connectivity index (χ1) is 8.93. The van der Waals surface area contributed by atoms with Crippen LogP contribution >= 0.6 is 11.6 Å². The number of benzene rings is 1. The first kappa shape index (κ1) is 14.3. The molecule has 19 heavy (non-hydrogen) atoms. The van der Waals surface area contributed by atoms with Crippen LogP contribution in [0.5, 0.6) is 0 Å². The van der Waals surface area contributed by atoms with Crippen molar-refractivity contribution in [1.29, 1.82) is 0 Å². The predicted octanol–water partition coefficient (Wildman–Crippen LogP) is 1.58. The third-order valence-corrected chi connectivity index (χ3v) is 5.04. The van der Waals surface area contributed by atoms with Gasteiger partial charge < -0.3 is 4.90 Å². The minimum Gasteiger partial charge on any atom is -0.307 e. The lowest BCUT2D eigenvalue weighted by Gasteiger charge is -2.27. The van der Waals surface area contributed by atoms with E-state index in [-0.39, 0.29) is 23.3 Å². The molecule has 1 unspecified atom stereocenters. The van der Waals surface area contributed by atoms with Gasteiger partial charge in [-0.2, -0.15) is 0 Å². The molecule has 0 radical (unpaired) electrons. The van der Waals surface area contributed by atoms with Crippen LogP contribution in [0.1, 0.15) is 6.42 Å². The molecular formula is C12H13ClFNO3S. The summed E-state index contributed by atoms with van der Waals surface area (Å²) in [5, 5.41) is 0. The highest BCUT2D eigenvalue weighted by Crippen LogP contribution is 2.25. The van der Waals surface area contributed by atoms with Crippen molar-refractivity contribution < 1.29 is 17.6 Å². The number of rotatable bonds is 3. The third kappa shape index (κ3) is 3.25. The van der Waals surface area contributed by atoms with Gasteiger partial charge in [0.1, 0.15) is 11.7 Å². The number of alkyl halides is 1. The Kier molecular flexibility index (Phi) is 4.10. The second-order valence-corrected chi connectivity index (χ2v) is 6.93. The molecule has 0 aromatic heterocycles. The largest absolute Gasteiger partial charge is 0.307 e. The Morgan fingerprint density at radius 1 is 1.37 bits per heavy atom. The average molecular weight is 306 g/mol. The summed E-state index contributed by atoms with van der Waals surface area (Å²) in [6.45, 7) is 0. The van der Waals surface area contributed by atoms with E-state index in [0.717, 1.165) is 0 Å². The number of hydrogen-bond acceptors (Lipinski definition) is 3. The molecule has 7 heteroatoms. The number of carbonyl (C=O) groups excluding carboxylic acids is 1. The summed E-state index contributed by atoms with van der Waals surface area (Å²) in [7, 11) is -3.11. The lowest BCUT2D eigenvalue weighted by Crippen LogP contribution is -2.42. The number of hydrogen-bond donors (Lipinski definition) is 0. The standard InChI is InChI=1S/C12H13ClFNO3S/c13-7-12(16)15(10-3-1-9(14)2-4-10)11-5-6-19(17,18)8-11/h1-4,11H,5-8H2. The topological polar surface area (TPSA) is 54.5 Å². The van der Waals surface area contributed by atoms with Crippen molar-refractivity contribution in [1.82, 2.24) is 0 Å². The zero-order valence-electron chi connectivity index (χ0n) is 10.1. The Morgan fingerprint density at radius 2 is 2.00 bits per heavy atom. The SMILES string of the molecule is O=C(CCl)N(c1ccc(F)cc1)C1CCS(=O)(=O)C1. The van der Waals surface area contributed by atoms with Crippen LogP contribution < -0.4 is 4.90 Å². The van der Waals surface area contributed by atoms with Gasteiger partial charge in [-0.3, -0.25) is 4.79 Å². The Labute approximate surface area is 116 Å². The molecule has 0 saturated carbocycles. The summed E-state index contributed by atoms with van der Waals surface area (Å²) in [4.78, 5) is 13.3. The third-order valence-electron chi connectivity index (χ3n) is 3.06. The Hall–Kier alpha value is -1.14. The molecule has 0 N–H and O–H groups in total. The molecule has 1 aliphatic rings. The van der Waals surface area contributed by atoms with Crippen molar-refractivity contribution in [2.75, 3.05) is 22.3 Å². The van der Waals surface area contributed by atoms with E-state index < -0.39 is 21.7 Å². The van der Waals surface area contributed by atoms with E-state index in [9.17, 15) is 17.6 Å². The highest BCUT2D eigenvalue weighted by Gasteiger charge is 2.35. The molecule has 1 saturated heterocycles. The quantitative estimate of drug-likeness (QED) is 0.797. The van der Waals surface area contributed by atoms with E-state index in [0.29, 0.717) is 12.1 Å². The molecule has 1 heterocycles. The van der Waals surface area contributed by atoms with Gasteiger partial charge in [0.05, 0.1) is 17.5 Å². The van der Waals surface area contributed by atoms with Crippen LogP contribution in [0.3, 0.4) is 0 Å². The summed E-state index contributed by atoms with van der Waals surface area (Å²) in [5.41, 5.74) is 0.467. The maximum atomic E-state index is 12.9. The van der Waals surface area contributed by atoms with Gasteiger partial charge in [-0.25, -0.2) is 12.8 Å². The minimum atomic E-state index is -3.11. The van der Waals surface area contributed by atoms with Gasteiger partial charge in [-0.05, 0) is 30.7 Å². The van der Waals surface area contributed by atoms with Crippen LogP contribution in [0.25, 0.3) is 0 Å². The van der Waals surface area contributed by atoms with Gasteiger partial charge in [0.15, 0.2) is 9.84 Å². The van der Waals surface area contributed by atoms with E-state index >= 15 is 0 Å². The number of nitrogens with zero attached hydrogens (tertiary/aromatic N) is 1. The molecule has 1 aromatic carbocycles. The van der Waals surface area contributed by atoms with E-state index in [1.54, 1.807) is 0 Å². The van der Waals surface area contributed by atoms with Gasteiger partial charge >= 0.3 is 0 Å². The summed E-state index contributed by atoms with van der Waals surface area (Å²) in [6.07, 6.45) is 0.377. The highest BCUT2D eigenvalue weighted by molar-refractivity contribution is 7.91. The fourth-order valence-electron chi connectivity index (χ4n) is 2.20. The van der Waals surface area contributed by atoms with E-state index in [1.807, 2.05) is 0 Å². The normalized spacial score (nSPS) is 21.3. The lowest BCUT2D eigenvalue weighted by atomic mass is 10.2. The second-order valence-electron chi connectivity index (χ2n) is 4.43. The smallest absolute Gasteiger partial charge is 0.242 e. The highest BCUT2D eigenvalue weighted by atomic mass is 35.5. The van der Waals surface area contributed by atoms with Gasteiger partial charge in [-0.1, -0.05) is 0 Å². The van der Waals surface area contributed by atoms with Crippen LogP contribution in [0, 0.1) is 5.82 Å². The second kappa shape index (κ2) is 5.46. The van der Waals surface area contributed by atoms with Crippen molar-refractivity contribution >= 4 is 33.0 Å². The van der Waals surface area contributed by atoms with Gasteiger partial charge in [0.2, 0.25) is 5.91 Å². The molecule has 0 aliphatic carbocycles. The molecule has 1 amide bonds. The Bertz CT molecular complexity index is 573. The molecule has 1 aromatic rings. The first-order valence-corrected chi connectivity index (χ1v) is 8.12. The van der Waals surface area contributed by atoms with Crippen LogP contribution in [-0.2, 0) is 14.6 Å². The van der Waals surface area contributed by atoms with Crippen molar-refractivity contribution in [3.8, 4) is 0 Å². The van der Waals surface area contributed by atoms with Crippen molar-refractivity contribution in [3.05, 3.63) is 30.1 Å². The number of sulfone groups is 1. The van der Waals surface area contributed by atoms with Gasteiger partial charge in [0.25, 0.3) is 0 Å². The van der Waals surface area contributed by atoms with E-state index in [1.165, 1.54) is 29.2 Å².